The van der Waals surface area contributed by atoms with Crippen LogP contribution in [0.3, 0.4) is 0 Å². The fourth-order valence-corrected chi connectivity index (χ4v) is 1.99. The van der Waals surface area contributed by atoms with Crippen LogP contribution >= 0.6 is 0 Å². The first kappa shape index (κ1) is 14.2. The number of hydrogen-bond donors (Lipinski definition) is 3. The van der Waals surface area contributed by atoms with Crippen molar-refractivity contribution in [1.29, 1.82) is 5.41 Å². The Labute approximate surface area is 108 Å². The average Bonchev–Trinajstić information content (AvgIpc) is 2.21. The topological polar surface area (TPSA) is 79.0 Å². The highest BCUT2D eigenvalue weighted by Gasteiger charge is 2.13. The zero-order chi connectivity index (χ0) is 13.9. The van der Waals surface area contributed by atoms with Crippen molar-refractivity contribution in [3.05, 3.63) is 34.4 Å². The highest BCUT2D eigenvalue weighted by molar-refractivity contribution is 5.97. The fraction of sp³-hybridized carbons (Fsp3) is 0.429. The molecule has 1 aromatic carbocycles. The van der Waals surface area contributed by atoms with Gasteiger partial charge in [-0.05, 0) is 49.9 Å². The number of aryl methyl sites for hydroxylation is 3. The van der Waals surface area contributed by atoms with Gasteiger partial charge in [-0.25, -0.2) is 0 Å². The molecule has 18 heavy (non-hydrogen) atoms. The zero-order valence-electron chi connectivity index (χ0n) is 11.4. The second-order valence-electron chi connectivity index (χ2n) is 4.78. The maximum absolute atomic E-state index is 11.6. The molecule has 0 aliphatic heterocycles. The molecule has 4 heteroatoms. The molecule has 0 bridgehead atoms. The number of rotatable bonds is 4. The minimum atomic E-state index is -0.215. The van der Waals surface area contributed by atoms with Crippen molar-refractivity contribution in [3.63, 3.8) is 0 Å². The van der Waals surface area contributed by atoms with Gasteiger partial charge in [0.2, 0.25) is 5.91 Å². The first-order valence-corrected chi connectivity index (χ1v) is 6.01. The first-order chi connectivity index (χ1) is 8.31. The van der Waals surface area contributed by atoms with Crippen molar-refractivity contribution in [2.75, 3.05) is 0 Å². The number of hydrogen-bond acceptors (Lipinski definition) is 2. The molecule has 0 aliphatic carbocycles. The third-order valence-electron chi connectivity index (χ3n) is 3.08. The van der Waals surface area contributed by atoms with Crippen LogP contribution in [-0.4, -0.2) is 11.7 Å². The summed E-state index contributed by atoms with van der Waals surface area (Å²) in [6.07, 6.45) is -0.0474. The van der Waals surface area contributed by atoms with E-state index in [1.165, 1.54) is 11.1 Å². The van der Waals surface area contributed by atoms with E-state index in [4.69, 9.17) is 11.1 Å². The minimum absolute atomic E-state index is 0.0474. The van der Waals surface area contributed by atoms with Crippen LogP contribution < -0.4 is 11.1 Å². The Kier molecular flexibility index (Phi) is 4.48. The molecule has 1 atom stereocenters. The Bertz CT molecular complexity index is 480. The van der Waals surface area contributed by atoms with Gasteiger partial charge in [0.05, 0.1) is 18.3 Å². The molecular formula is C14H21N3O. The molecule has 1 aromatic rings. The molecule has 1 amide bonds. The van der Waals surface area contributed by atoms with Crippen LogP contribution in [0, 0.1) is 26.2 Å². The lowest BCUT2D eigenvalue weighted by Crippen LogP contribution is -2.30. The second-order valence-corrected chi connectivity index (χ2v) is 4.78. The summed E-state index contributed by atoms with van der Waals surface area (Å²) in [5.74, 6) is -0.330. The number of carbonyl (C=O) groups is 1. The molecular weight excluding hydrogens is 226 g/mol. The summed E-state index contributed by atoms with van der Waals surface area (Å²) in [7, 11) is 0. The van der Waals surface area contributed by atoms with Gasteiger partial charge in [0, 0.05) is 0 Å². The molecule has 4 nitrogen and oxygen atoms in total. The Morgan fingerprint density at radius 1 is 1.28 bits per heavy atom. The summed E-state index contributed by atoms with van der Waals surface area (Å²) >= 11 is 0. The number of nitrogens with one attached hydrogen (secondary N) is 2. The van der Waals surface area contributed by atoms with Gasteiger partial charge in [0.15, 0.2) is 0 Å². The van der Waals surface area contributed by atoms with Crippen LogP contribution in [0.15, 0.2) is 12.1 Å². The fourth-order valence-electron chi connectivity index (χ4n) is 1.99. The standard InChI is InChI=1S/C14H21N3O/c1-8-5-10(3)12(6-9(8)2)11(4)17-14(18)7-13(15)16/h5-6,11H,7H2,1-4H3,(H3,15,16)(H,17,18). The summed E-state index contributed by atoms with van der Waals surface area (Å²) in [6, 6.07) is 4.15. The third-order valence-corrected chi connectivity index (χ3v) is 3.08. The molecule has 0 saturated carbocycles. The lowest BCUT2D eigenvalue weighted by molar-refractivity contribution is -0.120. The predicted octanol–water partition coefficient (Wildman–Crippen LogP) is 2.12. The van der Waals surface area contributed by atoms with E-state index < -0.39 is 0 Å². The summed E-state index contributed by atoms with van der Waals surface area (Å²) in [6.45, 7) is 8.11. The van der Waals surface area contributed by atoms with Gasteiger partial charge in [-0.15, -0.1) is 0 Å². The predicted molar refractivity (Wildman–Crippen MR) is 73.7 cm³/mol. The third kappa shape index (κ3) is 3.58. The molecule has 0 saturated heterocycles. The van der Waals surface area contributed by atoms with Crippen LogP contribution in [0.2, 0.25) is 0 Å². The van der Waals surface area contributed by atoms with Crippen LogP contribution in [-0.2, 0) is 4.79 Å². The van der Waals surface area contributed by atoms with Gasteiger partial charge < -0.3 is 11.1 Å². The van der Waals surface area contributed by atoms with Crippen LogP contribution in [0.1, 0.15) is 41.6 Å². The van der Waals surface area contributed by atoms with Crippen LogP contribution in [0.25, 0.3) is 0 Å². The summed E-state index contributed by atoms with van der Waals surface area (Å²) in [4.78, 5) is 11.6. The number of amides is 1. The SMILES string of the molecule is Cc1cc(C)c(C(C)NC(=O)CC(=N)N)cc1C. The normalized spacial score (nSPS) is 12.0. The number of benzene rings is 1. The molecule has 0 spiro atoms. The number of nitrogens with two attached hydrogens (primary N) is 1. The second kappa shape index (κ2) is 5.67. The van der Waals surface area contributed by atoms with E-state index in [9.17, 15) is 4.79 Å². The largest absolute Gasteiger partial charge is 0.387 e. The van der Waals surface area contributed by atoms with Crippen molar-refractivity contribution in [1.82, 2.24) is 5.32 Å². The Morgan fingerprint density at radius 3 is 2.39 bits per heavy atom. The lowest BCUT2D eigenvalue weighted by Gasteiger charge is -2.18. The minimum Gasteiger partial charge on any atom is -0.387 e. The Balaban J connectivity index is 2.84. The van der Waals surface area contributed by atoms with Gasteiger partial charge in [-0.1, -0.05) is 12.1 Å². The van der Waals surface area contributed by atoms with Gasteiger partial charge in [-0.3, -0.25) is 10.2 Å². The highest BCUT2D eigenvalue weighted by Crippen LogP contribution is 2.21. The molecule has 4 N–H and O–H groups in total. The Morgan fingerprint density at radius 2 is 1.83 bits per heavy atom. The molecule has 0 heterocycles. The van der Waals surface area contributed by atoms with E-state index in [-0.39, 0.29) is 24.2 Å². The number of amidine groups is 1. The summed E-state index contributed by atoms with van der Waals surface area (Å²) < 4.78 is 0. The quantitative estimate of drug-likeness (QED) is 0.563. The van der Waals surface area contributed by atoms with Crippen molar-refractivity contribution in [2.45, 2.75) is 40.2 Å². The first-order valence-electron chi connectivity index (χ1n) is 6.01. The molecule has 98 valence electrons. The monoisotopic (exact) mass is 247 g/mol. The molecule has 0 aliphatic rings. The zero-order valence-corrected chi connectivity index (χ0v) is 11.4. The van der Waals surface area contributed by atoms with Crippen molar-refractivity contribution in [2.24, 2.45) is 5.73 Å². The van der Waals surface area contributed by atoms with Gasteiger partial charge in [0.1, 0.15) is 0 Å². The van der Waals surface area contributed by atoms with E-state index in [0.717, 1.165) is 11.1 Å². The molecule has 1 unspecified atom stereocenters. The van der Waals surface area contributed by atoms with E-state index in [2.05, 4.69) is 31.3 Å². The smallest absolute Gasteiger partial charge is 0.228 e. The molecule has 0 fully saturated rings. The maximum Gasteiger partial charge on any atom is 0.228 e. The average molecular weight is 247 g/mol. The molecule has 0 aromatic heterocycles. The van der Waals surface area contributed by atoms with E-state index >= 15 is 0 Å². The summed E-state index contributed by atoms with van der Waals surface area (Å²) in [5.41, 5.74) is 9.93. The van der Waals surface area contributed by atoms with Crippen molar-refractivity contribution >= 4 is 11.7 Å². The number of carbonyl (C=O) groups excluding carboxylic acids is 1. The van der Waals surface area contributed by atoms with E-state index in [0.29, 0.717) is 0 Å². The van der Waals surface area contributed by atoms with E-state index in [1.54, 1.807) is 0 Å². The van der Waals surface area contributed by atoms with Crippen molar-refractivity contribution in [3.8, 4) is 0 Å². The van der Waals surface area contributed by atoms with Crippen LogP contribution in [0.5, 0.6) is 0 Å². The maximum atomic E-state index is 11.6. The lowest BCUT2D eigenvalue weighted by atomic mass is 9.96. The van der Waals surface area contributed by atoms with Crippen molar-refractivity contribution < 1.29 is 4.79 Å². The van der Waals surface area contributed by atoms with Gasteiger partial charge in [0.25, 0.3) is 0 Å². The Hall–Kier alpha value is -1.84. The van der Waals surface area contributed by atoms with Gasteiger partial charge in [-0.2, -0.15) is 0 Å². The molecule has 1 rings (SSSR count). The van der Waals surface area contributed by atoms with Crippen LogP contribution in [0.4, 0.5) is 0 Å². The molecule has 0 radical (unpaired) electrons. The summed E-state index contributed by atoms with van der Waals surface area (Å²) in [5, 5.41) is 9.95. The van der Waals surface area contributed by atoms with Gasteiger partial charge >= 0.3 is 0 Å². The highest BCUT2D eigenvalue weighted by atomic mass is 16.1. The van der Waals surface area contributed by atoms with E-state index in [1.807, 2.05) is 13.8 Å².